The summed E-state index contributed by atoms with van der Waals surface area (Å²) in [5.74, 6) is 0.660. The lowest BCUT2D eigenvalue weighted by Crippen LogP contribution is -2.14. The number of H-pyrrole nitrogens is 1. The number of hydrogen-bond acceptors (Lipinski definition) is 3. The molecular formula is C11H11ClN4O. The quantitative estimate of drug-likeness (QED) is 0.859. The molecule has 5 nitrogen and oxygen atoms in total. The van der Waals surface area contributed by atoms with Crippen molar-refractivity contribution in [3.63, 3.8) is 0 Å². The molecule has 1 aromatic heterocycles. The van der Waals surface area contributed by atoms with Crippen LogP contribution in [0.1, 0.15) is 21.7 Å². The van der Waals surface area contributed by atoms with Gasteiger partial charge in [-0.25, -0.2) is 0 Å². The third-order valence-electron chi connectivity index (χ3n) is 2.26. The zero-order valence-electron chi connectivity index (χ0n) is 9.41. The fourth-order valence-corrected chi connectivity index (χ4v) is 1.68. The van der Waals surface area contributed by atoms with E-state index >= 15 is 0 Å². The Hall–Kier alpha value is -1.88. The van der Waals surface area contributed by atoms with Gasteiger partial charge in [-0.2, -0.15) is 4.98 Å². The number of amides is 1. The number of benzene rings is 1. The molecule has 0 radical (unpaired) electrons. The highest BCUT2D eigenvalue weighted by atomic mass is 35.5. The maximum atomic E-state index is 11.9. The highest BCUT2D eigenvalue weighted by Crippen LogP contribution is 2.16. The molecule has 6 heteroatoms. The average Bonchev–Trinajstić information content (AvgIpc) is 2.63. The fourth-order valence-electron chi connectivity index (χ4n) is 1.45. The molecule has 0 bridgehead atoms. The summed E-state index contributed by atoms with van der Waals surface area (Å²) in [6.07, 6.45) is 0. The van der Waals surface area contributed by atoms with Gasteiger partial charge in [-0.15, -0.1) is 5.10 Å². The average molecular weight is 251 g/mol. The standard InChI is InChI=1S/C11H11ClN4O/c1-6-5-8(12)3-4-9(6)10(17)14-11-13-7(2)15-16-11/h3-5H,1-2H3,(H2,13,14,15,16,17). The summed E-state index contributed by atoms with van der Waals surface area (Å²) < 4.78 is 0. The lowest BCUT2D eigenvalue weighted by atomic mass is 10.1. The Balaban J connectivity index is 2.20. The Bertz CT molecular complexity index is 564. The minimum Gasteiger partial charge on any atom is -0.289 e. The van der Waals surface area contributed by atoms with Crippen molar-refractivity contribution in [2.45, 2.75) is 13.8 Å². The van der Waals surface area contributed by atoms with Gasteiger partial charge in [-0.1, -0.05) is 11.6 Å². The summed E-state index contributed by atoms with van der Waals surface area (Å²) in [7, 11) is 0. The Morgan fingerprint density at radius 3 is 2.76 bits per heavy atom. The van der Waals surface area contributed by atoms with Gasteiger partial charge in [0, 0.05) is 10.6 Å². The van der Waals surface area contributed by atoms with Gasteiger partial charge in [-0.3, -0.25) is 15.2 Å². The van der Waals surface area contributed by atoms with Crippen LogP contribution in [-0.4, -0.2) is 21.1 Å². The molecule has 0 aliphatic carbocycles. The largest absolute Gasteiger partial charge is 0.289 e. The molecule has 88 valence electrons. The van der Waals surface area contributed by atoms with Crippen molar-refractivity contribution in [2.75, 3.05) is 5.32 Å². The van der Waals surface area contributed by atoms with Crippen molar-refractivity contribution in [3.05, 3.63) is 40.2 Å². The lowest BCUT2D eigenvalue weighted by molar-refractivity contribution is 0.102. The molecule has 17 heavy (non-hydrogen) atoms. The van der Waals surface area contributed by atoms with Crippen molar-refractivity contribution < 1.29 is 4.79 Å². The number of carbonyl (C=O) groups is 1. The van der Waals surface area contributed by atoms with Crippen molar-refractivity contribution in [1.82, 2.24) is 15.2 Å². The van der Waals surface area contributed by atoms with Crippen molar-refractivity contribution in [1.29, 1.82) is 0 Å². The van der Waals surface area contributed by atoms with Crippen molar-refractivity contribution >= 4 is 23.5 Å². The zero-order valence-corrected chi connectivity index (χ0v) is 10.2. The van der Waals surface area contributed by atoms with E-state index in [2.05, 4.69) is 20.5 Å². The molecule has 0 unspecified atom stereocenters. The maximum Gasteiger partial charge on any atom is 0.258 e. The number of halogens is 1. The molecule has 0 atom stereocenters. The number of hydrogen-bond donors (Lipinski definition) is 2. The Kier molecular flexibility index (Phi) is 3.10. The van der Waals surface area contributed by atoms with Gasteiger partial charge in [0.15, 0.2) is 0 Å². The molecule has 2 N–H and O–H groups in total. The molecule has 1 aromatic carbocycles. The Labute approximate surface area is 103 Å². The maximum absolute atomic E-state index is 11.9. The Morgan fingerprint density at radius 2 is 2.18 bits per heavy atom. The molecule has 2 aromatic rings. The first-order valence-corrected chi connectivity index (χ1v) is 5.40. The van der Waals surface area contributed by atoms with Crippen LogP contribution in [0.2, 0.25) is 5.02 Å². The van der Waals surface area contributed by atoms with Gasteiger partial charge in [0.2, 0.25) is 5.95 Å². The number of aryl methyl sites for hydroxylation is 2. The van der Waals surface area contributed by atoms with Crippen molar-refractivity contribution in [3.8, 4) is 0 Å². The SMILES string of the molecule is Cc1nc(NC(=O)c2ccc(Cl)cc2C)n[nH]1. The third kappa shape index (κ3) is 2.62. The summed E-state index contributed by atoms with van der Waals surface area (Å²) in [5.41, 5.74) is 1.36. The predicted molar refractivity (Wildman–Crippen MR) is 65.3 cm³/mol. The van der Waals surface area contributed by atoms with Crippen LogP contribution in [0, 0.1) is 13.8 Å². The van der Waals surface area contributed by atoms with Crippen LogP contribution in [0.5, 0.6) is 0 Å². The second kappa shape index (κ2) is 4.55. The lowest BCUT2D eigenvalue weighted by Gasteiger charge is -2.04. The molecular weight excluding hydrogens is 240 g/mol. The normalized spacial score (nSPS) is 10.3. The molecule has 0 saturated heterocycles. The van der Waals surface area contributed by atoms with Crippen LogP contribution in [0.4, 0.5) is 5.95 Å². The molecule has 1 heterocycles. The number of nitrogens with zero attached hydrogens (tertiary/aromatic N) is 2. The van der Waals surface area contributed by atoms with E-state index in [1.807, 2.05) is 6.92 Å². The number of nitrogens with one attached hydrogen (secondary N) is 2. The van der Waals surface area contributed by atoms with E-state index in [9.17, 15) is 4.79 Å². The predicted octanol–water partition coefficient (Wildman–Crippen LogP) is 2.33. The first-order valence-electron chi connectivity index (χ1n) is 5.03. The molecule has 0 aliphatic rings. The van der Waals surface area contributed by atoms with Crippen LogP contribution < -0.4 is 5.32 Å². The number of rotatable bonds is 2. The second-order valence-electron chi connectivity index (χ2n) is 3.66. The highest BCUT2D eigenvalue weighted by molar-refractivity contribution is 6.30. The first-order chi connectivity index (χ1) is 8.06. The molecule has 0 spiro atoms. The molecule has 1 amide bonds. The highest BCUT2D eigenvalue weighted by Gasteiger charge is 2.11. The number of carbonyl (C=O) groups excluding carboxylic acids is 1. The summed E-state index contributed by atoms with van der Waals surface area (Å²) in [6.45, 7) is 3.58. The van der Waals surface area contributed by atoms with E-state index in [4.69, 9.17) is 11.6 Å². The zero-order chi connectivity index (χ0) is 12.4. The summed E-state index contributed by atoms with van der Waals surface area (Å²) in [4.78, 5) is 15.9. The van der Waals surface area contributed by atoms with Crippen molar-refractivity contribution in [2.24, 2.45) is 0 Å². The summed E-state index contributed by atoms with van der Waals surface area (Å²) >= 11 is 5.82. The van der Waals surface area contributed by atoms with Crippen LogP contribution in [0.3, 0.4) is 0 Å². The first kappa shape index (κ1) is 11.6. The van der Waals surface area contributed by atoms with Gasteiger partial charge in [0.25, 0.3) is 5.91 Å². The minimum atomic E-state index is -0.252. The molecule has 0 aliphatic heterocycles. The topological polar surface area (TPSA) is 70.7 Å². The van der Waals surface area contributed by atoms with E-state index < -0.39 is 0 Å². The van der Waals surface area contributed by atoms with Gasteiger partial charge in [0.05, 0.1) is 0 Å². The molecule has 2 rings (SSSR count). The minimum absolute atomic E-state index is 0.252. The molecule has 0 fully saturated rings. The summed E-state index contributed by atoms with van der Waals surface area (Å²) in [5, 5.41) is 9.69. The van der Waals surface area contributed by atoms with E-state index in [0.29, 0.717) is 16.4 Å². The van der Waals surface area contributed by atoms with E-state index in [1.165, 1.54) is 0 Å². The summed E-state index contributed by atoms with van der Waals surface area (Å²) in [6, 6.07) is 5.08. The van der Waals surface area contributed by atoms with Gasteiger partial charge < -0.3 is 0 Å². The van der Waals surface area contributed by atoms with Gasteiger partial charge >= 0.3 is 0 Å². The van der Waals surface area contributed by atoms with E-state index in [1.54, 1.807) is 25.1 Å². The van der Waals surface area contributed by atoms with Gasteiger partial charge in [-0.05, 0) is 37.6 Å². The van der Waals surface area contributed by atoms with Crippen LogP contribution in [-0.2, 0) is 0 Å². The monoisotopic (exact) mass is 250 g/mol. The Morgan fingerprint density at radius 1 is 1.41 bits per heavy atom. The number of aromatic amines is 1. The van der Waals surface area contributed by atoms with E-state index in [0.717, 1.165) is 5.56 Å². The molecule has 0 saturated carbocycles. The van der Waals surface area contributed by atoms with Crippen LogP contribution in [0.25, 0.3) is 0 Å². The van der Waals surface area contributed by atoms with E-state index in [-0.39, 0.29) is 11.9 Å². The van der Waals surface area contributed by atoms with Crippen LogP contribution >= 0.6 is 11.6 Å². The third-order valence-corrected chi connectivity index (χ3v) is 2.49. The second-order valence-corrected chi connectivity index (χ2v) is 4.09. The number of anilines is 1. The van der Waals surface area contributed by atoms with Crippen LogP contribution in [0.15, 0.2) is 18.2 Å². The fraction of sp³-hybridized carbons (Fsp3) is 0.182. The smallest absolute Gasteiger partial charge is 0.258 e. The van der Waals surface area contributed by atoms with Gasteiger partial charge in [0.1, 0.15) is 5.82 Å². The number of aromatic nitrogens is 3.